The van der Waals surface area contributed by atoms with Crippen molar-refractivity contribution in [1.82, 2.24) is 10.2 Å². The largest absolute Gasteiger partial charge is 0.476 e. The zero-order chi connectivity index (χ0) is 9.97. The lowest BCUT2D eigenvalue weighted by atomic mass is 10.0. The third-order valence-corrected chi connectivity index (χ3v) is 3.21. The van der Waals surface area contributed by atoms with Gasteiger partial charge in [0.05, 0.1) is 6.61 Å². The van der Waals surface area contributed by atoms with Crippen molar-refractivity contribution in [2.24, 2.45) is 0 Å². The van der Waals surface area contributed by atoms with Crippen molar-refractivity contribution < 1.29 is 14.6 Å². The molecule has 0 aromatic carbocycles. The zero-order valence-electron chi connectivity index (χ0n) is 7.47. The Morgan fingerprint density at radius 1 is 1.57 bits per heavy atom. The number of aromatic nitrogens is 2. The molecule has 6 heteroatoms. The van der Waals surface area contributed by atoms with Crippen LogP contribution in [0.3, 0.4) is 0 Å². The van der Waals surface area contributed by atoms with Crippen molar-refractivity contribution in [2.45, 2.75) is 18.8 Å². The SMILES string of the molecule is O=C(O)c1nnc(C2CCCOC2)s1. The second kappa shape index (κ2) is 4.02. The molecule has 1 N–H and O–H groups in total. The van der Waals surface area contributed by atoms with Crippen LogP contribution in [0.25, 0.3) is 0 Å². The molecular formula is C8H10N2O3S. The molecule has 1 aromatic rings. The van der Waals surface area contributed by atoms with Crippen LogP contribution in [-0.2, 0) is 4.74 Å². The number of nitrogens with zero attached hydrogens (tertiary/aromatic N) is 2. The molecule has 1 aliphatic heterocycles. The predicted octanol–water partition coefficient (Wildman–Crippen LogP) is 1.13. The number of rotatable bonds is 2. The van der Waals surface area contributed by atoms with E-state index < -0.39 is 5.97 Å². The maximum atomic E-state index is 10.6. The molecule has 1 fully saturated rings. The Labute approximate surface area is 84.7 Å². The van der Waals surface area contributed by atoms with Gasteiger partial charge in [-0.25, -0.2) is 4.79 Å². The highest BCUT2D eigenvalue weighted by Crippen LogP contribution is 2.27. The Bertz CT molecular complexity index is 333. The molecule has 0 radical (unpaired) electrons. The average molecular weight is 214 g/mol. The molecule has 1 unspecified atom stereocenters. The second-order valence-electron chi connectivity index (χ2n) is 3.16. The lowest BCUT2D eigenvalue weighted by Crippen LogP contribution is -2.15. The van der Waals surface area contributed by atoms with Crippen LogP contribution in [0.5, 0.6) is 0 Å². The van der Waals surface area contributed by atoms with Crippen molar-refractivity contribution >= 4 is 17.3 Å². The summed E-state index contributed by atoms with van der Waals surface area (Å²) in [7, 11) is 0. The first kappa shape index (κ1) is 9.54. The average Bonchev–Trinajstić information content (AvgIpc) is 2.68. The van der Waals surface area contributed by atoms with E-state index in [4.69, 9.17) is 9.84 Å². The Morgan fingerprint density at radius 2 is 2.43 bits per heavy atom. The fourth-order valence-corrected chi connectivity index (χ4v) is 2.22. The van der Waals surface area contributed by atoms with Crippen LogP contribution in [0, 0.1) is 0 Å². The zero-order valence-corrected chi connectivity index (χ0v) is 8.29. The van der Waals surface area contributed by atoms with E-state index in [0.29, 0.717) is 6.61 Å². The highest BCUT2D eigenvalue weighted by Gasteiger charge is 2.21. The van der Waals surface area contributed by atoms with Crippen LogP contribution in [0.2, 0.25) is 0 Å². The van der Waals surface area contributed by atoms with E-state index in [-0.39, 0.29) is 10.9 Å². The van der Waals surface area contributed by atoms with Crippen LogP contribution < -0.4 is 0 Å². The smallest absolute Gasteiger partial charge is 0.367 e. The number of hydrogen-bond acceptors (Lipinski definition) is 5. The Kier molecular flexibility index (Phi) is 2.74. The van der Waals surface area contributed by atoms with Gasteiger partial charge >= 0.3 is 5.97 Å². The number of carboxylic acids is 1. The topological polar surface area (TPSA) is 72.3 Å². The van der Waals surface area contributed by atoms with E-state index in [0.717, 1.165) is 35.8 Å². The lowest BCUT2D eigenvalue weighted by molar-refractivity contribution is 0.0695. The number of carboxylic acid groups (broad SMARTS) is 1. The van der Waals surface area contributed by atoms with Crippen LogP contribution in [0.4, 0.5) is 0 Å². The van der Waals surface area contributed by atoms with Crippen LogP contribution in [0.1, 0.15) is 33.6 Å². The van der Waals surface area contributed by atoms with Crippen LogP contribution >= 0.6 is 11.3 Å². The predicted molar refractivity (Wildman–Crippen MR) is 49.7 cm³/mol. The first-order valence-corrected chi connectivity index (χ1v) is 5.23. The van der Waals surface area contributed by atoms with Crippen molar-refractivity contribution in [2.75, 3.05) is 13.2 Å². The fraction of sp³-hybridized carbons (Fsp3) is 0.625. The highest BCUT2D eigenvalue weighted by atomic mass is 32.1. The number of ether oxygens (including phenoxy) is 1. The Balaban J connectivity index is 2.11. The van der Waals surface area contributed by atoms with Gasteiger partial charge in [0.2, 0.25) is 5.01 Å². The number of aromatic carboxylic acids is 1. The molecule has 0 saturated carbocycles. The maximum absolute atomic E-state index is 10.6. The molecule has 0 aliphatic carbocycles. The fourth-order valence-electron chi connectivity index (χ4n) is 1.42. The normalized spacial score (nSPS) is 22.1. The minimum absolute atomic E-state index is 0.0607. The van der Waals surface area contributed by atoms with Crippen molar-refractivity contribution in [3.63, 3.8) is 0 Å². The van der Waals surface area contributed by atoms with Gasteiger partial charge in [-0.15, -0.1) is 10.2 Å². The Hall–Kier alpha value is -1.01. The van der Waals surface area contributed by atoms with Gasteiger partial charge in [-0.1, -0.05) is 11.3 Å². The minimum Gasteiger partial charge on any atom is -0.476 e. The molecule has 0 amide bonds. The van der Waals surface area contributed by atoms with Gasteiger partial charge < -0.3 is 9.84 Å². The molecule has 14 heavy (non-hydrogen) atoms. The Morgan fingerprint density at radius 3 is 3.00 bits per heavy atom. The molecule has 2 rings (SSSR count). The van der Waals surface area contributed by atoms with Gasteiger partial charge in [-0.05, 0) is 12.8 Å². The highest BCUT2D eigenvalue weighted by molar-refractivity contribution is 7.13. The first-order chi connectivity index (χ1) is 6.77. The standard InChI is InChI=1S/C8H10N2O3S/c11-8(12)7-10-9-6(14-7)5-2-1-3-13-4-5/h5H,1-4H2,(H,11,12). The van der Waals surface area contributed by atoms with Crippen LogP contribution in [0.15, 0.2) is 0 Å². The molecule has 1 saturated heterocycles. The third kappa shape index (κ3) is 1.91. The third-order valence-electron chi connectivity index (χ3n) is 2.13. The van der Waals surface area contributed by atoms with E-state index >= 15 is 0 Å². The molecule has 5 nitrogen and oxygen atoms in total. The van der Waals surface area contributed by atoms with E-state index in [9.17, 15) is 4.79 Å². The summed E-state index contributed by atoms with van der Waals surface area (Å²) in [6.45, 7) is 1.43. The minimum atomic E-state index is -1.01. The summed E-state index contributed by atoms with van der Waals surface area (Å²) in [5.74, 6) is -0.778. The summed E-state index contributed by atoms with van der Waals surface area (Å²) >= 11 is 1.15. The maximum Gasteiger partial charge on any atom is 0.367 e. The lowest BCUT2D eigenvalue weighted by Gasteiger charge is -2.18. The molecule has 1 aromatic heterocycles. The van der Waals surface area contributed by atoms with E-state index in [1.54, 1.807) is 0 Å². The quantitative estimate of drug-likeness (QED) is 0.799. The molecular weight excluding hydrogens is 204 g/mol. The summed E-state index contributed by atoms with van der Waals surface area (Å²) in [6, 6.07) is 0. The van der Waals surface area contributed by atoms with Gasteiger partial charge in [0, 0.05) is 12.5 Å². The van der Waals surface area contributed by atoms with E-state index in [1.165, 1.54) is 0 Å². The van der Waals surface area contributed by atoms with Gasteiger partial charge in [0.25, 0.3) is 0 Å². The van der Waals surface area contributed by atoms with Crippen LogP contribution in [-0.4, -0.2) is 34.5 Å². The molecule has 0 spiro atoms. The van der Waals surface area contributed by atoms with E-state index in [1.807, 2.05) is 0 Å². The van der Waals surface area contributed by atoms with Gasteiger partial charge in [0.1, 0.15) is 5.01 Å². The molecule has 0 bridgehead atoms. The van der Waals surface area contributed by atoms with Gasteiger partial charge in [-0.2, -0.15) is 0 Å². The van der Waals surface area contributed by atoms with Gasteiger partial charge in [0.15, 0.2) is 0 Å². The summed E-state index contributed by atoms with van der Waals surface area (Å²) in [5.41, 5.74) is 0. The van der Waals surface area contributed by atoms with Crippen molar-refractivity contribution in [3.8, 4) is 0 Å². The molecule has 76 valence electrons. The summed E-state index contributed by atoms with van der Waals surface area (Å²) in [4.78, 5) is 10.6. The molecule has 2 heterocycles. The first-order valence-electron chi connectivity index (χ1n) is 4.42. The summed E-state index contributed by atoms with van der Waals surface area (Å²) < 4.78 is 5.30. The molecule has 1 atom stereocenters. The van der Waals surface area contributed by atoms with E-state index in [2.05, 4.69) is 10.2 Å². The monoisotopic (exact) mass is 214 g/mol. The summed E-state index contributed by atoms with van der Waals surface area (Å²) in [5, 5.41) is 17.0. The van der Waals surface area contributed by atoms with Crippen molar-refractivity contribution in [3.05, 3.63) is 10.0 Å². The number of carbonyl (C=O) groups is 1. The number of hydrogen-bond donors (Lipinski definition) is 1. The summed E-state index contributed by atoms with van der Waals surface area (Å²) in [6.07, 6.45) is 2.01. The molecule has 1 aliphatic rings. The van der Waals surface area contributed by atoms with Gasteiger partial charge in [-0.3, -0.25) is 0 Å². The second-order valence-corrected chi connectivity index (χ2v) is 4.17. The van der Waals surface area contributed by atoms with Crippen molar-refractivity contribution in [1.29, 1.82) is 0 Å².